The summed E-state index contributed by atoms with van der Waals surface area (Å²) in [4.78, 5) is 52.6. The first-order chi connectivity index (χ1) is 18.2. The summed E-state index contributed by atoms with van der Waals surface area (Å²) in [6.07, 6.45) is 0. The van der Waals surface area contributed by atoms with Gasteiger partial charge in [0.1, 0.15) is 23.7 Å². The topological polar surface area (TPSA) is 202 Å². The summed E-state index contributed by atoms with van der Waals surface area (Å²) in [6, 6.07) is 0.592. The number of amides is 2. The normalized spacial score (nSPS) is 19.1. The summed E-state index contributed by atoms with van der Waals surface area (Å²) in [6.45, 7) is 1.91. The Hall–Kier alpha value is -3.57. The van der Waals surface area contributed by atoms with Gasteiger partial charge in [-0.2, -0.15) is 4.57 Å². The van der Waals surface area contributed by atoms with Crippen molar-refractivity contribution in [1.82, 2.24) is 20.2 Å². The second-order valence-corrected chi connectivity index (χ2v) is 10.8. The fraction of sp³-hybridized carbons (Fsp3) is 0.381. The number of nitrogens with zero attached hydrogens (tertiary/aromatic N) is 5. The van der Waals surface area contributed by atoms with Crippen molar-refractivity contribution in [2.75, 3.05) is 36.7 Å². The fourth-order valence-corrected chi connectivity index (χ4v) is 6.75. The van der Waals surface area contributed by atoms with E-state index in [4.69, 9.17) is 21.0 Å². The monoisotopic (exact) mass is 580 g/mol. The van der Waals surface area contributed by atoms with Crippen LogP contribution in [0.2, 0.25) is 0 Å². The Bertz CT molecular complexity index is 1350. The van der Waals surface area contributed by atoms with Crippen molar-refractivity contribution < 1.29 is 33.6 Å². The van der Waals surface area contributed by atoms with Gasteiger partial charge in [-0.3, -0.25) is 14.5 Å². The number of hydrogen-bond acceptors (Lipinski definition) is 14. The number of carbonyl (C=O) groups is 3. The number of carbonyl (C=O) groups excluding carboxylic acids is 3. The third-order valence-corrected chi connectivity index (χ3v) is 8.62. The first-order valence-electron chi connectivity index (χ1n) is 11.1. The Morgan fingerprint density at radius 3 is 2.79 bits per heavy atom. The summed E-state index contributed by atoms with van der Waals surface area (Å²) >= 11 is 3.69. The van der Waals surface area contributed by atoms with Crippen molar-refractivity contribution in [2.45, 2.75) is 23.5 Å². The molecular formula is C21H24N8O6S3. The molecule has 17 heteroatoms. The Morgan fingerprint density at radius 2 is 2.16 bits per heavy atom. The molecule has 0 aliphatic carbocycles. The van der Waals surface area contributed by atoms with E-state index in [0.29, 0.717) is 22.4 Å². The summed E-state index contributed by atoms with van der Waals surface area (Å²) in [5, 5.41) is 20.2. The molecule has 4 heterocycles. The maximum atomic E-state index is 13.0. The first kappa shape index (κ1) is 27.5. The Labute approximate surface area is 229 Å². The van der Waals surface area contributed by atoms with Gasteiger partial charge in [-0.15, -0.1) is 23.1 Å². The molecule has 14 nitrogen and oxygen atoms in total. The van der Waals surface area contributed by atoms with E-state index in [9.17, 15) is 19.5 Å². The van der Waals surface area contributed by atoms with Crippen LogP contribution in [0, 0.1) is 0 Å². The molecule has 2 aliphatic rings. The van der Waals surface area contributed by atoms with Gasteiger partial charge in [0.25, 0.3) is 17.7 Å². The van der Waals surface area contributed by atoms with E-state index in [-0.39, 0.29) is 40.4 Å². The van der Waals surface area contributed by atoms with Crippen molar-refractivity contribution in [1.29, 1.82) is 0 Å². The lowest BCUT2D eigenvalue weighted by molar-refractivity contribution is -0.717. The summed E-state index contributed by atoms with van der Waals surface area (Å²) in [7, 11) is 3.24. The lowest BCUT2D eigenvalue weighted by Gasteiger charge is -2.50. The number of oxime groups is 1. The van der Waals surface area contributed by atoms with E-state index in [0.717, 1.165) is 16.2 Å². The van der Waals surface area contributed by atoms with Gasteiger partial charge in [-0.1, -0.05) is 5.16 Å². The Kier molecular flexibility index (Phi) is 8.27. The van der Waals surface area contributed by atoms with Gasteiger partial charge in [0.2, 0.25) is 5.82 Å². The molecule has 0 saturated carbocycles. The molecule has 1 unspecified atom stereocenters. The average molecular weight is 581 g/mol. The maximum absolute atomic E-state index is 13.0. The number of aromatic nitrogens is 3. The highest BCUT2D eigenvalue weighted by atomic mass is 32.2. The number of fused-ring (bicyclic) bond motifs is 1. The minimum Gasteiger partial charge on any atom is -0.543 e. The molecule has 2 aromatic rings. The molecule has 1 saturated heterocycles. The van der Waals surface area contributed by atoms with E-state index in [1.807, 2.05) is 0 Å². The van der Waals surface area contributed by atoms with Gasteiger partial charge in [0, 0.05) is 16.9 Å². The van der Waals surface area contributed by atoms with E-state index in [2.05, 4.69) is 20.4 Å². The minimum atomic E-state index is -1.48. The molecule has 0 bridgehead atoms. The van der Waals surface area contributed by atoms with Crippen molar-refractivity contribution in [3.05, 3.63) is 28.4 Å². The van der Waals surface area contributed by atoms with Crippen LogP contribution >= 0.6 is 34.9 Å². The first-order valence-corrected chi connectivity index (χ1v) is 14.0. The van der Waals surface area contributed by atoms with Crippen molar-refractivity contribution in [3.63, 3.8) is 0 Å². The van der Waals surface area contributed by atoms with Gasteiger partial charge in [0.15, 0.2) is 10.8 Å². The maximum Gasteiger partial charge on any atom is 0.364 e. The SMILES string of the molecule is CCO/N=C(\C(=O)NC1C(=O)N2C(C(=O)[O-])=C(CSc3nc(N)cc(OC)[n+]3C)CS[C@H]12)c1csc(N)n1. The molecule has 2 aromatic heterocycles. The lowest BCUT2D eigenvalue weighted by Crippen LogP contribution is -2.71. The smallest absolute Gasteiger partial charge is 0.364 e. The number of methoxy groups -OCH3 is 1. The van der Waals surface area contributed by atoms with E-state index < -0.39 is 29.2 Å². The standard InChI is InChI=1S/C21H24N8O6S3/c1-4-35-27-13(10-8-37-20(23)24-10)16(30)26-14-17(31)29-15(19(32)33)9(6-36-18(14)29)7-38-21-25-11(22)5-12(34-3)28(21)2/h5,8,14,18,22H,4,6-7H2,1-3H3,(H4,23,24,26,30,32,33)/b27-13-/t14?,18-/m1/s1. The zero-order valence-electron chi connectivity index (χ0n) is 20.5. The molecule has 2 aliphatic heterocycles. The van der Waals surface area contributed by atoms with Crippen LogP contribution in [0.5, 0.6) is 5.88 Å². The number of β-lactam (4-membered cyclic amide) rings is 1. The second kappa shape index (κ2) is 11.4. The number of nitrogen functional groups attached to an aromatic ring is 2. The zero-order chi connectivity index (χ0) is 27.6. The molecule has 2 amide bonds. The number of thiazole rings is 1. The average Bonchev–Trinajstić information content (AvgIpc) is 3.32. The van der Waals surface area contributed by atoms with Crippen molar-refractivity contribution in [2.24, 2.45) is 12.2 Å². The predicted octanol–water partition coefficient (Wildman–Crippen LogP) is -1.53. The van der Waals surface area contributed by atoms with Crippen LogP contribution in [0.25, 0.3) is 0 Å². The highest BCUT2D eigenvalue weighted by molar-refractivity contribution is 8.01. The summed E-state index contributed by atoms with van der Waals surface area (Å²) in [5.74, 6) is -1.52. The van der Waals surface area contributed by atoms with Gasteiger partial charge >= 0.3 is 5.16 Å². The molecular weight excluding hydrogens is 556 g/mol. The Morgan fingerprint density at radius 1 is 1.39 bits per heavy atom. The van der Waals surface area contributed by atoms with Crippen molar-refractivity contribution >= 4 is 69.3 Å². The summed E-state index contributed by atoms with van der Waals surface area (Å²) < 4.78 is 6.96. The fourth-order valence-electron chi connectivity index (χ4n) is 3.73. The highest BCUT2D eigenvalue weighted by Crippen LogP contribution is 2.41. The number of carboxylic acids is 1. The van der Waals surface area contributed by atoms with Crippen molar-refractivity contribution in [3.8, 4) is 5.88 Å². The molecule has 2 atom stereocenters. The molecule has 0 spiro atoms. The number of hydrogen-bond donors (Lipinski definition) is 3. The minimum absolute atomic E-state index is 0.141. The van der Waals surface area contributed by atoms with Gasteiger partial charge in [-0.25, -0.2) is 4.98 Å². The second-order valence-electron chi connectivity index (χ2n) is 7.88. The number of anilines is 2. The molecule has 202 valence electrons. The zero-order valence-corrected chi connectivity index (χ0v) is 22.9. The van der Waals surface area contributed by atoms with Crippen LogP contribution in [-0.4, -0.2) is 75.0 Å². The van der Waals surface area contributed by atoms with Gasteiger partial charge in [0.05, 0.1) is 31.9 Å². The van der Waals surface area contributed by atoms with E-state index >= 15 is 0 Å². The third kappa shape index (κ3) is 5.34. The van der Waals surface area contributed by atoms with E-state index in [1.54, 1.807) is 30.0 Å². The van der Waals surface area contributed by atoms with Crippen LogP contribution in [0.3, 0.4) is 0 Å². The number of ether oxygens (including phenoxy) is 1. The number of nitrogens with one attached hydrogen (secondary N) is 1. The lowest BCUT2D eigenvalue weighted by atomic mass is 10.0. The molecule has 0 radical (unpaired) electrons. The highest BCUT2D eigenvalue weighted by Gasteiger charge is 2.53. The van der Waals surface area contributed by atoms with Crippen LogP contribution in [0.1, 0.15) is 12.6 Å². The number of rotatable bonds is 10. The third-order valence-electron chi connectivity index (χ3n) is 5.49. The van der Waals surface area contributed by atoms with Crippen LogP contribution in [-0.2, 0) is 26.3 Å². The molecule has 4 rings (SSSR count). The van der Waals surface area contributed by atoms with Crippen LogP contribution in [0.4, 0.5) is 10.9 Å². The molecule has 5 N–H and O–H groups in total. The number of aliphatic carboxylic acids is 1. The number of carboxylic acid groups (broad SMARTS) is 1. The van der Waals surface area contributed by atoms with Gasteiger partial charge < -0.3 is 36.3 Å². The quantitative estimate of drug-likeness (QED) is 0.0732. The van der Waals surface area contributed by atoms with E-state index in [1.165, 1.54) is 30.6 Å². The number of nitrogens with two attached hydrogens (primary N) is 2. The molecule has 0 aromatic carbocycles. The number of thioether (sulfide) groups is 2. The van der Waals surface area contributed by atoms with Crippen LogP contribution < -0.4 is 31.2 Å². The van der Waals surface area contributed by atoms with Gasteiger partial charge in [-0.05, 0) is 29.2 Å². The summed E-state index contributed by atoms with van der Waals surface area (Å²) in [5.41, 5.74) is 11.8. The van der Waals surface area contributed by atoms with Crippen LogP contribution in [0.15, 0.2) is 33.0 Å². The Balaban J connectivity index is 1.51. The largest absolute Gasteiger partial charge is 0.543 e. The molecule has 1 fully saturated rings. The molecule has 38 heavy (non-hydrogen) atoms. The predicted molar refractivity (Wildman–Crippen MR) is 139 cm³/mol.